The third kappa shape index (κ3) is 0.757. The van der Waals surface area contributed by atoms with Gasteiger partial charge in [-0.25, -0.2) is 0 Å². The lowest BCUT2D eigenvalue weighted by atomic mass is 10.1. The zero-order valence-electron chi connectivity index (χ0n) is 5.27. The van der Waals surface area contributed by atoms with Crippen LogP contribution in [0, 0.1) is 5.92 Å². The molecule has 0 aliphatic carbocycles. The molecule has 1 aliphatic heterocycles. The van der Waals surface area contributed by atoms with Gasteiger partial charge in [-0.1, -0.05) is 6.92 Å². The van der Waals surface area contributed by atoms with Crippen LogP contribution in [-0.2, 0) is 4.79 Å². The molecular weight excluding hydrogens is 102 g/mol. The number of Topliss-reactive ketones (excluding diaryl/α,β-unsaturated/α-hetero) is 1. The first-order chi connectivity index (χ1) is 3.72. The van der Waals surface area contributed by atoms with Crippen molar-refractivity contribution in [2.75, 3.05) is 6.54 Å². The first kappa shape index (κ1) is 5.76. The summed E-state index contributed by atoms with van der Waals surface area (Å²) < 4.78 is 0. The standard InChI is InChI=1S/C6H11NO/c1-4-3-7-5(2)6(4)8/h4-5,7H,3H2,1-2H3. The van der Waals surface area contributed by atoms with Crippen molar-refractivity contribution < 1.29 is 4.79 Å². The van der Waals surface area contributed by atoms with Gasteiger partial charge in [-0.05, 0) is 6.92 Å². The third-order valence-electron chi connectivity index (χ3n) is 1.64. The molecule has 0 aromatic heterocycles. The van der Waals surface area contributed by atoms with Crippen LogP contribution in [0.5, 0.6) is 0 Å². The van der Waals surface area contributed by atoms with Crippen molar-refractivity contribution in [1.82, 2.24) is 5.32 Å². The van der Waals surface area contributed by atoms with Crippen molar-refractivity contribution >= 4 is 5.78 Å². The molecule has 1 saturated heterocycles. The van der Waals surface area contributed by atoms with Crippen LogP contribution in [0.15, 0.2) is 0 Å². The van der Waals surface area contributed by atoms with Gasteiger partial charge in [-0.15, -0.1) is 0 Å². The second kappa shape index (κ2) is 1.86. The molecule has 0 spiro atoms. The van der Waals surface area contributed by atoms with Crippen LogP contribution < -0.4 is 5.32 Å². The quantitative estimate of drug-likeness (QED) is 0.485. The van der Waals surface area contributed by atoms with Gasteiger partial charge in [-0.3, -0.25) is 4.79 Å². The van der Waals surface area contributed by atoms with Crippen molar-refractivity contribution in [3.05, 3.63) is 0 Å². The molecule has 0 bridgehead atoms. The van der Waals surface area contributed by atoms with Crippen LogP contribution in [0.25, 0.3) is 0 Å². The molecule has 0 aromatic rings. The largest absolute Gasteiger partial charge is 0.307 e. The molecule has 2 heteroatoms. The van der Waals surface area contributed by atoms with E-state index in [9.17, 15) is 4.79 Å². The van der Waals surface area contributed by atoms with Crippen molar-refractivity contribution in [2.45, 2.75) is 19.9 Å². The molecule has 8 heavy (non-hydrogen) atoms. The highest BCUT2D eigenvalue weighted by molar-refractivity contribution is 5.87. The monoisotopic (exact) mass is 113 g/mol. The topological polar surface area (TPSA) is 29.1 Å². The number of carbonyl (C=O) groups is 1. The molecule has 0 amide bonds. The Balaban J connectivity index is 2.57. The van der Waals surface area contributed by atoms with E-state index in [1.165, 1.54) is 0 Å². The maximum Gasteiger partial charge on any atom is 0.153 e. The Hall–Kier alpha value is -0.370. The SMILES string of the molecule is CC1CNC(C)C1=O. The molecule has 0 radical (unpaired) electrons. The van der Waals surface area contributed by atoms with Crippen LogP contribution in [0.4, 0.5) is 0 Å². The van der Waals surface area contributed by atoms with Crippen LogP contribution >= 0.6 is 0 Å². The second-order valence-electron chi connectivity index (χ2n) is 2.43. The number of ketones is 1. The van der Waals surface area contributed by atoms with Gasteiger partial charge in [0.15, 0.2) is 5.78 Å². The summed E-state index contributed by atoms with van der Waals surface area (Å²) in [4.78, 5) is 10.8. The molecular formula is C6H11NO. The van der Waals surface area contributed by atoms with Gasteiger partial charge < -0.3 is 5.32 Å². The molecule has 2 nitrogen and oxygen atoms in total. The Labute approximate surface area is 49.3 Å². The van der Waals surface area contributed by atoms with Gasteiger partial charge in [0.25, 0.3) is 0 Å². The minimum Gasteiger partial charge on any atom is -0.307 e. The number of rotatable bonds is 0. The summed E-state index contributed by atoms with van der Waals surface area (Å²) in [6.45, 7) is 4.73. The predicted octanol–water partition coefficient (Wildman–Crippen LogP) is 0.183. The fourth-order valence-corrected chi connectivity index (χ4v) is 0.982. The molecule has 2 unspecified atom stereocenters. The molecule has 2 atom stereocenters. The van der Waals surface area contributed by atoms with E-state index in [4.69, 9.17) is 0 Å². The van der Waals surface area contributed by atoms with Crippen molar-refractivity contribution in [1.29, 1.82) is 0 Å². The number of nitrogens with one attached hydrogen (secondary N) is 1. The zero-order chi connectivity index (χ0) is 6.15. The highest BCUT2D eigenvalue weighted by Crippen LogP contribution is 2.06. The van der Waals surface area contributed by atoms with Gasteiger partial charge in [0.05, 0.1) is 6.04 Å². The predicted molar refractivity (Wildman–Crippen MR) is 31.6 cm³/mol. The van der Waals surface area contributed by atoms with E-state index in [0.29, 0.717) is 5.78 Å². The zero-order valence-corrected chi connectivity index (χ0v) is 5.27. The average molecular weight is 113 g/mol. The van der Waals surface area contributed by atoms with Crippen LogP contribution in [0.2, 0.25) is 0 Å². The third-order valence-corrected chi connectivity index (χ3v) is 1.64. The number of hydrogen-bond donors (Lipinski definition) is 1. The van der Waals surface area contributed by atoms with E-state index in [1.54, 1.807) is 0 Å². The summed E-state index contributed by atoms with van der Waals surface area (Å²) in [7, 11) is 0. The summed E-state index contributed by atoms with van der Waals surface area (Å²) in [5.74, 6) is 0.593. The molecule has 1 fully saturated rings. The summed E-state index contributed by atoms with van der Waals surface area (Å²) in [6, 6.07) is 0.102. The Morgan fingerprint density at radius 3 is 2.38 bits per heavy atom. The fourth-order valence-electron chi connectivity index (χ4n) is 0.982. The molecule has 0 saturated carbocycles. The van der Waals surface area contributed by atoms with E-state index < -0.39 is 0 Å². The van der Waals surface area contributed by atoms with Crippen molar-refractivity contribution in [2.24, 2.45) is 5.92 Å². The highest BCUT2D eigenvalue weighted by atomic mass is 16.1. The molecule has 1 heterocycles. The van der Waals surface area contributed by atoms with Crippen molar-refractivity contribution in [3.63, 3.8) is 0 Å². The molecule has 46 valence electrons. The first-order valence-corrected chi connectivity index (χ1v) is 2.99. The maximum absolute atomic E-state index is 10.8. The average Bonchev–Trinajstić information content (AvgIpc) is 1.98. The van der Waals surface area contributed by atoms with E-state index >= 15 is 0 Å². The first-order valence-electron chi connectivity index (χ1n) is 2.99. The van der Waals surface area contributed by atoms with E-state index in [0.717, 1.165) is 6.54 Å². The molecule has 1 aliphatic rings. The summed E-state index contributed by atoms with van der Waals surface area (Å²) in [6.07, 6.45) is 0. The van der Waals surface area contributed by atoms with Gasteiger partial charge in [0.1, 0.15) is 0 Å². The number of hydrogen-bond acceptors (Lipinski definition) is 2. The summed E-state index contributed by atoms with van der Waals surface area (Å²) >= 11 is 0. The van der Waals surface area contributed by atoms with Gasteiger partial charge in [0.2, 0.25) is 0 Å². The number of carbonyl (C=O) groups excluding carboxylic acids is 1. The normalized spacial score (nSPS) is 38.5. The molecule has 0 aromatic carbocycles. The lowest BCUT2D eigenvalue weighted by Gasteiger charge is -1.96. The molecule has 1 N–H and O–H groups in total. The van der Waals surface area contributed by atoms with E-state index in [1.807, 2.05) is 13.8 Å². The van der Waals surface area contributed by atoms with E-state index in [2.05, 4.69) is 5.32 Å². The Bertz CT molecular complexity index is 99.1. The maximum atomic E-state index is 10.8. The highest BCUT2D eigenvalue weighted by Gasteiger charge is 2.25. The smallest absolute Gasteiger partial charge is 0.153 e. The Kier molecular flexibility index (Phi) is 1.34. The molecule has 1 rings (SSSR count). The second-order valence-corrected chi connectivity index (χ2v) is 2.43. The summed E-state index contributed by atoms with van der Waals surface area (Å²) in [5.41, 5.74) is 0. The van der Waals surface area contributed by atoms with Crippen LogP contribution in [0.3, 0.4) is 0 Å². The fraction of sp³-hybridized carbons (Fsp3) is 0.833. The van der Waals surface area contributed by atoms with Crippen LogP contribution in [0.1, 0.15) is 13.8 Å². The summed E-state index contributed by atoms with van der Waals surface area (Å²) in [5, 5.41) is 3.07. The lowest BCUT2D eigenvalue weighted by molar-refractivity contribution is -0.121. The minimum atomic E-state index is 0.102. The van der Waals surface area contributed by atoms with Gasteiger partial charge >= 0.3 is 0 Å². The Morgan fingerprint density at radius 2 is 2.25 bits per heavy atom. The van der Waals surface area contributed by atoms with E-state index in [-0.39, 0.29) is 12.0 Å². The van der Waals surface area contributed by atoms with Gasteiger partial charge in [-0.2, -0.15) is 0 Å². The Morgan fingerprint density at radius 1 is 1.62 bits per heavy atom. The lowest BCUT2D eigenvalue weighted by Crippen LogP contribution is -2.22. The van der Waals surface area contributed by atoms with Gasteiger partial charge in [0, 0.05) is 12.5 Å². The van der Waals surface area contributed by atoms with Crippen LogP contribution in [-0.4, -0.2) is 18.4 Å². The van der Waals surface area contributed by atoms with Crippen molar-refractivity contribution in [3.8, 4) is 0 Å². The minimum absolute atomic E-state index is 0.102.